The molecule has 4 nitrogen and oxygen atoms in total. The highest BCUT2D eigenvalue weighted by atomic mass is 15.2. The predicted molar refractivity (Wildman–Crippen MR) is 67.5 cm³/mol. The number of nitrogens with two attached hydrogens (primary N) is 1. The predicted octanol–water partition coefficient (Wildman–Crippen LogP) is 2.00. The van der Waals surface area contributed by atoms with Crippen LogP contribution in [0.3, 0.4) is 0 Å². The van der Waals surface area contributed by atoms with Crippen LogP contribution in [0, 0.1) is 0 Å². The second-order valence-corrected chi connectivity index (χ2v) is 4.12. The Morgan fingerprint density at radius 1 is 1.29 bits per heavy atom. The van der Waals surface area contributed by atoms with Gasteiger partial charge in [0, 0.05) is 6.42 Å². The van der Waals surface area contributed by atoms with E-state index in [-0.39, 0.29) is 6.04 Å². The van der Waals surface area contributed by atoms with E-state index in [0.29, 0.717) is 0 Å². The smallest absolute Gasteiger partial charge is 0.167 e. The van der Waals surface area contributed by atoms with Crippen molar-refractivity contribution in [2.45, 2.75) is 32.2 Å². The number of H-pyrrole nitrogens is 1. The number of nitrogens with one attached hydrogen (secondary N) is 1. The van der Waals surface area contributed by atoms with Crippen LogP contribution in [0.5, 0.6) is 0 Å². The van der Waals surface area contributed by atoms with Gasteiger partial charge >= 0.3 is 0 Å². The molecular formula is C13H18N4. The molecule has 0 radical (unpaired) electrons. The molecule has 0 bridgehead atoms. The summed E-state index contributed by atoms with van der Waals surface area (Å²) in [6.07, 6.45) is 2.68. The summed E-state index contributed by atoms with van der Waals surface area (Å²) in [4.78, 5) is 4.35. The molecule has 0 amide bonds. The average molecular weight is 230 g/mol. The number of aromatic amines is 1. The SMILES string of the molecule is CCc1nc(C(N)CCc2ccccc2)n[nH]1. The number of hydrogen-bond acceptors (Lipinski definition) is 3. The van der Waals surface area contributed by atoms with Crippen LogP contribution in [0.25, 0.3) is 0 Å². The number of benzene rings is 1. The van der Waals surface area contributed by atoms with E-state index in [9.17, 15) is 0 Å². The average Bonchev–Trinajstić information content (AvgIpc) is 2.86. The summed E-state index contributed by atoms with van der Waals surface area (Å²) < 4.78 is 0. The third-order valence-electron chi connectivity index (χ3n) is 2.80. The number of aryl methyl sites for hydroxylation is 2. The fraction of sp³-hybridized carbons (Fsp3) is 0.385. The molecule has 0 aliphatic heterocycles. The molecule has 17 heavy (non-hydrogen) atoms. The van der Waals surface area contributed by atoms with Crippen LogP contribution in [0.4, 0.5) is 0 Å². The van der Waals surface area contributed by atoms with Gasteiger partial charge in [-0.2, -0.15) is 5.10 Å². The molecule has 4 heteroatoms. The highest BCUT2D eigenvalue weighted by molar-refractivity contribution is 5.15. The molecule has 3 N–H and O–H groups in total. The summed E-state index contributed by atoms with van der Waals surface area (Å²) in [7, 11) is 0. The van der Waals surface area contributed by atoms with Gasteiger partial charge in [-0.25, -0.2) is 4.98 Å². The molecule has 0 fully saturated rings. The molecule has 0 saturated heterocycles. The van der Waals surface area contributed by atoms with Gasteiger partial charge in [0.1, 0.15) is 5.82 Å². The van der Waals surface area contributed by atoms with Gasteiger partial charge in [-0.15, -0.1) is 0 Å². The first-order valence-electron chi connectivity index (χ1n) is 6.00. The lowest BCUT2D eigenvalue weighted by atomic mass is 10.1. The summed E-state index contributed by atoms with van der Waals surface area (Å²) in [6.45, 7) is 2.04. The lowest BCUT2D eigenvalue weighted by Crippen LogP contribution is -2.13. The third kappa shape index (κ3) is 3.14. The third-order valence-corrected chi connectivity index (χ3v) is 2.80. The molecule has 0 aliphatic carbocycles. The molecule has 1 aromatic carbocycles. The van der Waals surface area contributed by atoms with E-state index < -0.39 is 0 Å². The van der Waals surface area contributed by atoms with Gasteiger partial charge in [0.25, 0.3) is 0 Å². The van der Waals surface area contributed by atoms with Crippen molar-refractivity contribution >= 4 is 0 Å². The quantitative estimate of drug-likeness (QED) is 0.825. The first-order chi connectivity index (χ1) is 8.29. The molecule has 1 unspecified atom stereocenters. The largest absolute Gasteiger partial charge is 0.321 e. The number of hydrogen-bond donors (Lipinski definition) is 2. The maximum atomic E-state index is 6.07. The molecule has 2 aromatic rings. The number of aromatic nitrogens is 3. The van der Waals surface area contributed by atoms with Gasteiger partial charge in [0.2, 0.25) is 0 Å². The fourth-order valence-corrected chi connectivity index (χ4v) is 1.73. The summed E-state index contributed by atoms with van der Waals surface area (Å²) in [6, 6.07) is 10.2. The van der Waals surface area contributed by atoms with Crippen LogP contribution in [0.2, 0.25) is 0 Å². The van der Waals surface area contributed by atoms with Crippen molar-refractivity contribution in [2.24, 2.45) is 5.73 Å². The van der Waals surface area contributed by atoms with E-state index in [0.717, 1.165) is 30.9 Å². The molecule has 0 aliphatic rings. The lowest BCUT2D eigenvalue weighted by molar-refractivity contribution is 0.614. The molecule has 1 heterocycles. The Bertz CT molecular complexity index is 449. The van der Waals surface area contributed by atoms with E-state index in [2.05, 4.69) is 27.3 Å². The van der Waals surface area contributed by atoms with Crippen molar-refractivity contribution in [1.29, 1.82) is 0 Å². The highest BCUT2D eigenvalue weighted by Gasteiger charge is 2.11. The molecule has 1 atom stereocenters. The Morgan fingerprint density at radius 3 is 2.71 bits per heavy atom. The Hall–Kier alpha value is -1.68. The minimum Gasteiger partial charge on any atom is -0.321 e. The van der Waals surface area contributed by atoms with Crippen molar-refractivity contribution in [3.8, 4) is 0 Å². The molecule has 1 aromatic heterocycles. The fourth-order valence-electron chi connectivity index (χ4n) is 1.73. The van der Waals surface area contributed by atoms with E-state index in [1.807, 2.05) is 25.1 Å². The van der Waals surface area contributed by atoms with Gasteiger partial charge in [0.05, 0.1) is 6.04 Å². The van der Waals surface area contributed by atoms with Crippen molar-refractivity contribution in [3.63, 3.8) is 0 Å². The highest BCUT2D eigenvalue weighted by Crippen LogP contribution is 2.13. The molecule has 90 valence electrons. The molecule has 2 rings (SSSR count). The second-order valence-electron chi connectivity index (χ2n) is 4.12. The van der Waals surface area contributed by atoms with Gasteiger partial charge in [0.15, 0.2) is 5.82 Å². The minimum atomic E-state index is -0.0910. The Kier molecular flexibility index (Phi) is 3.88. The first-order valence-corrected chi connectivity index (χ1v) is 6.00. The Balaban J connectivity index is 1.91. The molecular weight excluding hydrogens is 212 g/mol. The summed E-state index contributed by atoms with van der Waals surface area (Å²) in [5, 5.41) is 7.03. The summed E-state index contributed by atoms with van der Waals surface area (Å²) >= 11 is 0. The maximum Gasteiger partial charge on any atom is 0.167 e. The van der Waals surface area contributed by atoms with E-state index in [4.69, 9.17) is 5.73 Å². The van der Waals surface area contributed by atoms with Crippen molar-refractivity contribution in [3.05, 3.63) is 47.5 Å². The molecule has 0 spiro atoms. The van der Waals surface area contributed by atoms with Gasteiger partial charge < -0.3 is 5.73 Å². The number of rotatable bonds is 5. The topological polar surface area (TPSA) is 67.6 Å². The zero-order chi connectivity index (χ0) is 12.1. The summed E-state index contributed by atoms with van der Waals surface area (Å²) in [5.74, 6) is 1.62. The lowest BCUT2D eigenvalue weighted by Gasteiger charge is -2.07. The standard InChI is InChI=1S/C13H18N4/c1-2-12-15-13(17-16-12)11(14)9-8-10-6-4-3-5-7-10/h3-7,11H,2,8-9,14H2,1H3,(H,15,16,17). The van der Waals surface area contributed by atoms with Crippen molar-refractivity contribution in [2.75, 3.05) is 0 Å². The number of nitrogens with zero attached hydrogens (tertiary/aromatic N) is 2. The van der Waals surface area contributed by atoms with Crippen LogP contribution >= 0.6 is 0 Å². The van der Waals surface area contributed by atoms with Gasteiger partial charge in [-0.3, -0.25) is 5.10 Å². The van der Waals surface area contributed by atoms with E-state index >= 15 is 0 Å². The van der Waals surface area contributed by atoms with Gasteiger partial charge in [-0.05, 0) is 18.4 Å². The maximum absolute atomic E-state index is 6.07. The van der Waals surface area contributed by atoms with E-state index in [1.54, 1.807) is 0 Å². The van der Waals surface area contributed by atoms with Crippen LogP contribution in [0.1, 0.15) is 36.6 Å². The summed E-state index contributed by atoms with van der Waals surface area (Å²) in [5.41, 5.74) is 7.37. The van der Waals surface area contributed by atoms with E-state index in [1.165, 1.54) is 5.56 Å². The monoisotopic (exact) mass is 230 g/mol. The van der Waals surface area contributed by atoms with Crippen LogP contribution < -0.4 is 5.73 Å². The second kappa shape index (κ2) is 5.59. The van der Waals surface area contributed by atoms with Gasteiger partial charge in [-0.1, -0.05) is 37.3 Å². The Labute approximate surface area is 101 Å². The van der Waals surface area contributed by atoms with Crippen molar-refractivity contribution < 1.29 is 0 Å². The minimum absolute atomic E-state index is 0.0910. The zero-order valence-corrected chi connectivity index (χ0v) is 10.1. The Morgan fingerprint density at radius 2 is 2.06 bits per heavy atom. The van der Waals surface area contributed by atoms with Crippen LogP contribution in [-0.4, -0.2) is 15.2 Å². The first kappa shape index (κ1) is 11.8. The zero-order valence-electron chi connectivity index (χ0n) is 10.1. The molecule has 0 saturated carbocycles. The van der Waals surface area contributed by atoms with Crippen LogP contribution in [-0.2, 0) is 12.8 Å². The van der Waals surface area contributed by atoms with Crippen molar-refractivity contribution in [1.82, 2.24) is 15.2 Å². The normalized spacial score (nSPS) is 12.6. The van der Waals surface area contributed by atoms with Crippen LogP contribution in [0.15, 0.2) is 30.3 Å².